The van der Waals surface area contributed by atoms with Crippen LogP contribution in [0.15, 0.2) is 53.4 Å². The minimum Gasteiger partial charge on any atom is -0.508 e. The van der Waals surface area contributed by atoms with Crippen molar-refractivity contribution < 1.29 is 31.9 Å². The Morgan fingerprint density at radius 2 is 1.62 bits per heavy atom. The lowest BCUT2D eigenvalue weighted by Crippen LogP contribution is -2.30. The Labute approximate surface area is 169 Å². The van der Waals surface area contributed by atoms with E-state index in [0.717, 1.165) is 11.8 Å². The van der Waals surface area contributed by atoms with Crippen LogP contribution in [0.25, 0.3) is 0 Å². The number of carbonyl (C=O) groups excluding carboxylic acids is 1. The highest BCUT2D eigenvalue weighted by molar-refractivity contribution is 7.91. The third-order valence-electron chi connectivity index (χ3n) is 4.14. The standard InChI is InChI=1S/C18H22N2O7S2/c1-28(24,25)19-11-10-14-2-4-15(5-3-14)18(20(23)13-21)12-29(26,27)17-8-6-16(22)7-9-17/h2-9,13,18-19,22-23H,10-12H2,1H3. The number of sulfonamides is 1. The molecule has 2 rings (SSSR count). The molecule has 0 saturated carbocycles. The molecule has 0 radical (unpaired) electrons. The Balaban J connectivity index is 2.19. The molecule has 1 atom stereocenters. The molecule has 3 N–H and O–H groups in total. The van der Waals surface area contributed by atoms with Crippen molar-refractivity contribution in [1.29, 1.82) is 0 Å². The van der Waals surface area contributed by atoms with Crippen LogP contribution in [0.4, 0.5) is 0 Å². The van der Waals surface area contributed by atoms with Gasteiger partial charge < -0.3 is 5.11 Å². The van der Waals surface area contributed by atoms with E-state index in [9.17, 15) is 31.9 Å². The number of aromatic hydroxyl groups is 1. The molecule has 11 heteroatoms. The number of sulfone groups is 1. The van der Waals surface area contributed by atoms with E-state index in [4.69, 9.17) is 0 Å². The first-order valence-corrected chi connectivity index (χ1v) is 12.0. The number of carbonyl (C=O) groups is 1. The fraction of sp³-hybridized carbons (Fsp3) is 0.278. The first-order valence-electron chi connectivity index (χ1n) is 8.49. The molecule has 0 aliphatic carbocycles. The number of benzene rings is 2. The smallest absolute Gasteiger partial charge is 0.233 e. The molecule has 0 aliphatic rings. The van der Waals surface area contributed by atoms with Crippen molar-refractivity contribution >= 4 is 26.3 Å². The van der Waals surface area contributed by atoms with Crippen LogP contribution in [-0.4, -0.2) is 57.2 Å². The van der Waals surface area contributed by atoms with Gasteiger partial charge in [0.2, 0.25) is 16.4 Å². The summed E-state index contributed by atoms with van der Waals surface area (Å²) in [6.07, 6.45) is 1.60. The van der Waals surface area contributed by atoms with Crippen molar-refractivity contribution in [3.8, 4) is 5.75 Å². The lowest BCUT2D eigenvalue weighted by Gasteiger charge is -2.23. The SMILES string of the molecule is CS(=O)(=O)NCCc1ccc(C(CS(=O)(=O)c2ccc(O)cc2)N(O)C=O)cc1. The summed E-state index contributed by atoms with van der Waals surface area (Å²) in [6, 6.07) is 10.3. The second-order valence-corrected chi connectivity index (χ2v) is 10.3. The fourth-order valence-electron chi connectivity index (χ4n) is 2.64. The molecule has 0 fully saturated rings. The molecule has 0 aromatic heterocycles. The number of phenols is 1. The highest BCUT2D eigenvalue weighted by atomic mass is 32.2. The molecular formula is C18H22N2O7S2. The molecule has 0 saturated heterocycles. The zero-order valence-corrected chi connectivity index (χ0v) is 17.2. The summed E-state index contributed by atoms with van der Waals surface area (Å²) < 4.78 is 49.9. The molecule has 158 valence electrons. The van der Waals surface area contributed by atoms with Gasteiger partial charge in [-0.1, -0.05) is 24.3 Å². The number of phenolic OH excluding ortho intramolecular Hbond substituents is 1. The maximum atomic E-state index is 12.6. The van der Waals surface area contributed by atoms with E-state index >= 15 is 0 Å². The normalized spacial score (nSPS) is 13.0. The molecule has 9 nitrogen and oxygen atoms in total. The van der Waals surface area contributed by atoms with Crippen LogP contribution in [0.1, 0.15) is 17.2 Å². The fourth-order valence-corrected chi connectivity index (χ4v) is 4.62. The highest BCUT2D eigenvalue weighted by Crippen LogP contribution is 2.25. The Hall–Kier alpha value is -2.47. The van der Waals surface area contributed by atoms with Gasteiger partial charge in [0.15, 0.2) is 9.84 Å². The van der Waals surface area contributed by atoms with Crippen LogP contribution in [0, 0.1) is 0 Å². The van der Waals surface area contributed by atoms with Crippen molar-refractivity contribution in [1.82, 2.24) is 9.79 Å². The highest BCUT2D eigenvalue weighted by Gasteiger charge is 2.27. The van der Waals surface area contributed by atoms with E-state index in [1.165, 1.54) is 24.3 Å². The molecular weight excluding hydrogens is 420 g/mol. The second-order valence-electron chi connectivity index (χ2n) is 6.43. The van der Waals surface area contributed by atoms with E-state index in [1.807, 2.05) is 0 Å². The second kappa shape index (κ2) is 9.35. The van der Waals surface area contributed by atoms with Crippen LogP contribution >= 0.6 is 0 Å². The van der Waals surface area contributed by atoms with Crippen molar-refractivity contribution in [2.24, 2.45) is 0 Å². The van der Waals surface area contributed by atoms with Crippen LogP contribution in [0.2, 0.25) is 0 Å². The third-order valence-corrected chi connectivity index (χ3v) is 6.62. The zero-order valence-electron chi connectivity index (χ0n) is 15.6. The largest absolute Gasteiger partial charge is 0.508 e. The number of rotatable bonds is 10. The van der Waals surface area contributed by atoms with Gasteiger partial charge in [0.05, 0.1) is 22.9 Å². The Morgan fingerprint density at radius 1 is 1.03 bits per heavy atom. The minimum atomic E-state index is -3.87. The Bertz CT molecular complexity index is 1030. The topological polar surface area (TPSA) is 141 Å². The minimum absolute atomic E-state index is 0.0527. The van der Waals surface area contributed by atoms with Gasteiger partial charge in [0, 0.05) is 6.54 Å². The van der Waals surface area contributed by atoms with E-state index in [-0.39, 0.29) is 28.7 Å². The summed E-state index contributed by atoms with van der Waals surface area (Å²) >= 11 is 0. The van der Waals surface area contributed by atoms with Gasteiger partial charge in [-0.15, -0.1) is 0 Å². The zero-order chi connectivity index (χ0) is 21.7. The summed E-state index contributed by atoms with van der Waals surface area (Å²) in [4.78, 5) is 11.0. The summed E-state index contributed by atoms with van der Waals surface area (Å²) in [7, 11) is -7.16. The molecule has 29 heavy (non-hydrogen) atoms. The van der Waals surface area contributed by atoms with Crippen molar-refractivity contribution in [2.75, 3.05) is 18.6 Å². The average Bonchev–Trinajstić information content (AvgIpc) is 2.65. The number of hydroxylamine groups is 2. The average molecular weight is 443 g/mol. The predicted molar refractivity (Wildman–Crippen MR) is 106 cm³/mol. The lowest BCUT2D eigenvalue weighted by atomic mass is 10.0. The molecule has 2 aromatic rings. The Kier molecular flexibility index (Phi) is 7.36. The monoisotopic (exact) mass is 442 g/mol. The first-order chi connectivity index (χ1) is 13.5. The number of nitrogens with zero attached hydrogens (tertiary/aromatic N) is 1. The predicted octanol–water partition coefficient (Wildman–Crippen LogP) is 0.846. The van der Waals surface area contributed by atoms with Crippen LogP contribution < -0.4 is 4.72 Å². The molecule has 0 spiro atoms. The Morgan fingerprint density at radius 3 is 2.14 bits per heavy atom. The van der Waals surface area contributed by atoms with Crippen LogP contribution in [0.5, 0.6) is 5.75 Å². The van der Waals surface area contributed by atoms with E-state index < -0.39 is 31.7 Å². The van der Waals surface area contributed by atoms with Crippen LogP contribution in [-0.2, 0) is 31.1 Å². The number of hydrogen-bond donors (Lipinski definition) is 3. The maximum absolute atomic E-state index is 12.6. The van der Waals surface area contributed by atoms with Crippen molar-refractivity contribution in [3.63, 3.8) is 0 Å². The van der Waals surface area contributed by atoms with Gasteiger partial charge in [-0.05, 0) is 41.8 Å². The molecule has 1 unspecified atom stereocenters. The van der Waals surface area contributed by atoms with Gasteiger partial charge in [-0.2, -0.15) is 0 Å². The summed E-state index contributed by atoms with van der Waals surface area (Å²) in [5.74, 6) is -0.653. The lowest BCUT2D eigenvalue weighted by molar-refractivity contribution is -0.158. The first kappa shape index (κ1) is 22.8. The summed E-state index contributed by atoms with van der Waals surface area (Å²) in [6.45, 7) is 0.206. The van der Waals surface area contributed by atoms with Crippen LogP contribution in [0.3, 0.4) is 0 Å². The van der Waals surface area contributed by atoms with Gasteiger partial charge in [-0.3, -0.25) is 10.0 Å². The van der Waals surface area contributed by atoms with Gasteiger partial charge >= 0.3 is 0 Å². The number of hydrogen-bond acceptors (Lipinski definition) is 7. The quantitative estimate of drug-likeness (QED) is 0.281. The van der Waals surface area contributed by atoms with Gasteiger partial charge in [0.25, 0.3) is 0 Å². The summed E-state index contributed by atoms with van der Waals surface area (Å²) in [5.41, 5.74) is 1.18. The number of amides is 1. The van der Waals surface area contributed by atoms with E-state index in [2.05, 4.69) is 4.72 Å². The van der Waals surface area contributed by atoms with Crippen molar-refractivity contribution in [2.45, 2.75) is 17.4 Å². The van der Waals surface area contributed by atoms with Gasteiger partial charge in [0.1, 0.15) is 5.75 Å². The third kappa shape index (κ3) is 6.82. The molecule has 2 aromatic carbocycles. The molecule has 0 heterocycles. The van der Waals surface area contributed by atoms with Crippen molar-refractivity contribution in [3.05, 3.63) is 59.7 Å². The maximum Gasteiger partial charge on any atom is 0.233 e. The molecule has 1 amide bonds. The molecule has 0 bridgehead atoms. The van der Waals surface area contributed by atoms with Gasteiger partial charge in [-0.25, -0.2) is 26.6 Å². The number of nitrogens with one attached hydrogen (secondary N) is 1. The van der Waals surface area contributed by atoms with E-state index in [0.29, 0.717) is 12.0 Å². The van der Waals surface area contributed by atoms with E-state index in [1.54, 1.807) is 24.3 Å². The summed E-state index contributed by atoms with van der Waals surface area (Å²) in [5, 5.41) is 19.5. The molecule has 0 aliphatic heterocycles.